The summed E-state index contributed by atoms with van der Waals surface area (Å²) in [5, 5.41) is 48.8. The van der Waals surface area contributed by atoms with E-state index < -0.39 is 35.1 Å². The van der Waals surface area contributed by atoms with Crippen LogP contribution < -0.4 is 30.2 Å². The molecule has 2 fully saturated rings. The van der Waals surface area contributed by atoms with Gasteiger partial charge in [-0.05, 0) is 206 Å². The molecule has 23 heteroatoms. The van der Waals surface area contributed by atoms with Gasteiger partial charge in [0.05, 0.1) is 51.8 Å². The maximum absolute atomic E-state index is 13.3. The zero-order chi connectivity index (χ0) is 85.9. The summed E-state index contributed by atoms with van der Waals surface area (Å²) in [6.07, 6.45) is 15.3. The van der Waals surface area contributed by atoms with Gasteiger partial charge in [-0.2, -0.15) is 21.0 Å². The molecule has 0 unspecified atom stereocenters. The number of hydrogen-bond donors (Lipinski definition) is 3. The molecule has 19 nitrogen and oxygen atoms in total. The number of nitriles is 4. The molecule has 3 amide bonds. The van der Waals surface area contributed by atoms with Crippen LogP contribution in [0.5, 0.6) is 23.0 Å². The second-order valence-corrected chi connectivity index (χ2v) is 32.9. The number of nitrogens with two attached hydrogens (primary N) is 1. The van der Waals surface area contributed by atoms with Gasteiger partial charge in [-0.3, -0.25) is 20.2 Å². The molecule has 0 spiro atoms. The van der Waals surface area contributed by atoms with Crippen LogP contribution in [-0.4, -0.2) is 50.2 Å². The molecule has 8 aromatic carbocycles. The van der Waals surface area contributed by atoms with E-state index in [1.807, 2.05) is 167 Å². The van der Waals surface area contributed by atoms with Gasteiger partial charge in [0.25, 0.3) is 0 Å². The van der Waals surface area contributed by atoms with Crippen LogP contribution >= 0.6 is 59.4 Å². The maximum Gasteiger partial charge on any atom is 0.415 e. The Hall–Kier alpha value is -11.2. The van der Waals surface area contributed by atoms with Gasteiger partial charge < -0.3 is 39.3 Å². The van der Waals surface area contributed by atoms with E-state index >= 15 is 0 Å². The molecule has 2 aliphatic rings. The van der Waals surface area contributed by atoms with Crippen molar-refractivity contribution in [2.24, 2.45) is 5.73 Å². The molecule has 0 atom stereocenters. The first-order valence-electron chi connectivity index (χ1n) is 38.7. The number of nitrogens with zero attached hydrogens (tertiary/aromatic N) is 7. The summed E-state index contributed by atoms with van der Waals surface area (Å²) in [7, 11) is 0. The lowest BCUT2D eigenvalue weighted by Gasteiger charge is -2.28. The average molecular weight is 1810 g/mol. The fourth-order valence-electron chi connectivity index (χ4n) is 11.6. The molecule has 2 aromatic heterocycles. The van der Waals surface area contributed by atoms with Gasteiger partial charge in [0.1, 0.15) is 83.9 Å². The SMILES string of the molecule is BrCc1ccccc1.CC(C)(C)OC(=O)N(Cc1ccc(C2CCCCC2)cn1)c1ccc(C#N)c(OCc2ccccc2)c1.CC(C)(C)OC(=O)Nc1ccc(C#N)c(OCc2ccccc2)c1.CC(C)(C)OC(N)=O.ClCc1ccc(C2CCCCC2)cn1.N#Cc1ccc(Br)cc1O.N#Cc1ccc(Br)cc1OCc1ccccc1. The Labute approximate surface area is 725 Å². The minimum atomic E-state index is -0.725. The number of carbonyl (C=O) groups excluding carboxylic acids is 3. The quantitative estimate of drug-likeness (QED) is 0.0564. The molecule has 0 aliphatic heterocycles. The zero-order valence-electron chi connectivity index (χ0n) is 68.2. The number of amides is 3. The van der Waals surface area contributed by atoms with Crippen molar-refractivity contribution in [3.63, 3.8) is 0 Å². The van der Waals surface area contributed by atoms with Crippen LogP contribution in [0.4, 0.5) is 25.8 Å². The van der Waals surface area contributed by atoms with E-state index in [2.05, 4.69) is 111 Å². The molecule has 0 radical (unpaired) electrons. The van der Waals surface area contributed by atoms with Gasteiger partial charge in [-0.15, -0.1) is 11.6 Å². The minimum absolute atomic E-state index is 0.0110. The number of hydrogen-bond acceptors (Lipinski definition) is 16. The van der Waals surface area contributed by atoms with Crippen molar-refractivity contribution in [2.75, 3.05) is 10.2 Å². The summed E-state index contributed by atoms with van der Waals surface area (Å²) in [5.41, 5.74) is 14.6. The topological polar surface area (TPSA) is 289 Å². The number of phenols is 1. The Kier molecular flexibility index (Phi) is 40.8. The van der Waals surface area contributed by atoms with Gasteiger partial charge in [0, 0.05) is 44.5 Å². The second kappa shape index (κ2) is 50.4. The van der Waals surface area contributed by atoms with E-state index in [0.29, 0.717) is 82.5 Å². The number of rotatable bonds is 17. The highest BCUT2D eigenvalue weighted by Crippen LogP contribution is 2.35. The first-order chi connectivity index (χ1) is 56.5. The second-order valence-electron chi connectivity index (χ2n) is 30.3. The number of pyridine rings is 2. The first kappa shape index (κ1) is 95.6. The van der Waals surface area contributed by atoms with Crippen molar-refractivity contribution in [3.05, 3.63) is 307 Å². The molecular weight excluding hydrogens is 1700 g/mol. The first-order valence-corrected chi connectivity index (χ1v) is 41.9. The Bertz CT molecular complexity index is 4900. The third kappa shape index (κ3) is 36.9. The van der Waals surface area contributed by atoms with Crippen molar-refractivity contribution >= 4 is 89.0 Å². The van der Waals surface area contributed by atoms with E-state index in [1.54, 1.807) is 101 Å². The van der Waals surface area contributed by atoms with Crippen molar-refractivity contribution < 1.29 is 47.9 Å². The zero-order valence-corrected chi connectivity index (χ0v) is 73.8. The van der Waals surface area contributed by atoms with Crippen molar-refractivity contribution in [1.82, 2.24) is 9.97 Å². The van der Waals surface area contributed by atoms with Crippen molar-refractivity contribution in [2.45, 2.75) is 193 Å². The summed E-state index contributed by atoms with van der Waals surface area (Å²) in [5.74, 6) is 3.28. The van der Waals surface area contributed by atoms with E-state index in [-0.39, 0.29) is 12.3 Å². The van der Waals surface area contributed by atoms with E-state index in [4.69, 9.17) is 61.6 Å². The van der Waals surface area contributed by atoms with E-state index in [0.717, 1.165) is 48.3 Å². The normalized spacial score (nSPS) is 12.2. The number of benzene rings is 8. The van der Waals surface area contributed by atoms with Gasteiger partial charge in [0.2, 0.25) is 0 Å². The lowest BCUT2D eigenvalue weighted by Crippen LogP contribution is -2.36. The molecular formula is C95H103Br3ClN9O10. The van der Waals surface area contributed by atoms with Crippen LogP contribution in [0, 0.1) is 45.3 Å². The predicted octanol–water partition coefficient (Wildman–Crippen LogP) is 25.3. The molecule has 4 N–H and O–H groups in total. The number of phenolic OH excluding ortho intramolecular Hbond substituents is 1. The maximum atomic E-state index is 13.3. The minimum Gasteiger partial charge on any atom is -0.507 e. The highest BCUT2D eigenvalue weighted by molar-refractivity contribution is 9.10. The number of carbonyl (C=O) groups is 3. The molecule has 12 rings (SSSR count). The van der Waals surface area contributed by atoms with E-state index in [1.165, 1.54) is 87.0 Å². The lowest BCUT2D eigenvalue weighted by molar-refractivity contribution is 0.0571. The summed E-state index contributed by atoms with van der Waals surface area (Å²) < 4.78 is 34.5. The van der Waals surface area contributed by atoms with E-state index in [9.17, 15) is 24.9 Å². The number of alkyl halides is 2. The molecule has 10 aromatic rings. The Morgan fingerprint density at radius 2 is 0.873 bits per heavy atom. The monoisotopic (exact) mass is 1800 g/mol. The molecule has 616 valence electrons. The summed E-state index contributed by atoms with van der Waals surface area (Å²) in [6.45, 7) is 17.5. The van der Waals surface area contributed by atoms with Gasteiger partial charge in [0.15, 0.2) is 0 Å². The molecule has 2 aliphatic carbocycles. The predicted molar refractivity (Wildman–Crippen MR) is 475 cm³/mol. The molecule has 118 heavy (non-hydrogen) atoms. The van der Waals surface area contributed by atoms with Crippen molar-refractivity contribution in [3.8, 4) is 47.3 Å². The molecule has 2 saturated carbocycles. The van der Waals surface area contributed by atoms with Crippen LogP contribution in [0.1, 0.15) is 205 Å². The third-order valence-corrected chi connectivity index (χ3v) is 19.2. The smallest absolute Gasteiger partial charge is 0.415 e. The summed E-state index contributed by atoms with van der Waals surface area (Å²) >= 11 is 15.6. The molecule has 2 heterocycles. The Morgan fingerprint density at radius 3 is 1.25 bits per heavy atom. The number of aromatic hydroxyl groups is 1. The van der Waals surface area contributed by atoms with Gasteiger partial charge in [-0.25, -0.2) is 14.4 Å². The van der Waals surface area contributed by atoms with Crippen molar-refractivity contribution in [1.29, 1.82) is 21.0 Å². The molecule has 0 saturated heterocycles. The van der Waals surface area contributed by atoms with Crippen LogP contribution in [0.25, 0.3) is 0 Å². The lowest BCUT2D eigenvalue weighted by atomic mass is 9.85. The van der Waals surface area contributed by atoms with Crippen LogP contribution in [0.2, 0.25) is 0 Å². The number of nitrogens with one attached hydrogen (secondary N) is 1. The van der Waals surface area contributed by atoms with Crippen LogP contribution in [0.3, 0.4) is 0 Å². The third-order valence-electron chi connectivity index (χ3n) is 17.3. The average Bonchev–Trinajstić information content (AvgIpc) is 0.811. The largest absolute Gasteiger partial charge is 0.507 e. The summed E-state index contributed by atoms with van der Waals surface area (Å²) in [6, 6.07) is 76.3. The number of primary amides is 1. The fourth-order valence-corrected chi connectivity index (χ4v) is 12.9. The number of aromatic nitrogens is 2. The standard InChI is InChI=1S/C31H35N3O3.C19H20N2O3.C14H10BrNO.C12H16ClN.C7H4BrNO.C7H7Br.C5H11NO2/c1-31(2,3)37-30(35)34(21-27-16-14-26(20-33-27)24-12-8-5-9-13-24)28-17-15-25(19-32)29(18-28)36-22-23-10-6-4-7-11-23;1-19(2,3)24-18(22)21-16-10-9-15(12-20)17(11-16)23-13-14-7-5-4-6-8-14;15-13-7-6-12(9-16)14(8-13)17-10-11-4-2-1-3-5-11;13-8-12-7-6-11(9-14-12)10-4-2-1-3-5-10;8-6-2-1-5(4-9)7(10)3-6;8-6-7-4-2-1-3-5-7;1-5(2,3)8-4(6)7/h4,6-7,10-11,14-18,20,24H,5,8-9,12-13,21-22H2,1-3H3;4-11H,13H2,1-3H3,(H,21,22);1-8H,10H2;6-7,9-10H,1-5,8H2;1-3,10H;1-5H,6H2;1-3H3,(H2,6,7). The highest BCUT2D eigenvalue weighted by Gasteiger charge is 2.27. The van der Waals surface area contributed by atoms with Crippen LogP contribution in [-0.2, 0) is 51.8 Å². The summed E-state index contributed by atoms with van der Waals surface area (Å²) in [4.78, 5) is 45.7. The van der Waals surface area contributed by atoms with Crippen LogP contribution in [0.15, 0.2) is 240 Å². The number of halogens is 4. The molecule has 0 bridgehead atoms. The number of ether oxygens (including phenoxy) is 6. The Morgan fingerprint density at radius 1 is 0.483 bits per heavy atom. The Balaban J connectivity index is 0.000000230. The van der Waals surface area contributed by atoms with Gasteiger partial charge in [-0.1, -0.05) is 220 Å². The fraction of sp³-hybridized carbons (Fsp3) is 0.316. The highest BCUT2D eigenvalue weighted by atomic mass is 79.9. The number of anilines is 2. The van der Waals surface area contributed by atoms with Gasteiger partial charge >= 0.3 is 18.3 Å².